The Bertz CT molecular complexity index is 1130. The number of anilines is 4. The van der Waals surface area contributed by atoms with E-state index < -0.39 is 23.9 Å². The Morgan fingerprint density at radius 1 is 1.22 bits per heavy atom. The largest absolute Gasteiger partial charge is 0.481 e. The van der Waals surface area contributed by atoms with Crippen LogP contribution in [0.2, 0.25) is 0 Å². The number of hydrogen-bond acceptors (Lipinski definition) is 9. The number of nitrogens with zero attached hydrogens (tertiary/aromatic N) is 2. The molecule has 1 aliphatic heterocycles. The number of carbonyl (C=O) groups is 3. The molecule has 3 rings (SSSR count). The minimum Gasteiger partial charge on any atom is -0.481 e. The second kappa shape index (κ2) is 14.4. The van der Waals surface area contributed by atoms with Crippen LogP contribution in [0, 0.1) is 0 Å². The third-order valence-corrected chi connectivity index (χ3v) is 5.52. The number of carboxylic acid groups (broad SMARTS) is 2. The summed E-state index contributed by atoms with van der Waals surface area (Å²) >= 11 is 0. The number of fused-ring (bicyclic) bond motifs is 1. The van der Waals surface area contributed by atoms with Crippen LogP contribution in [-0.2, 0) is 9.59 Å². The zero-order valence-electron chi connectivity index (χ0n) is 20.5. The topological polar surface area (TPSA) is 203 Å². The standard InChI is InChI=1S/C21H27N7O6.2Na/c1-28-13(10-24-17-16(28)19(32)27-21(22)26-17)8-9-23-12-4-2-11(3-5-12)18(31)25-14(20(33)34)6-7-15(29)30;;/h2-5,13-14,23H,6-10H2,1H3,(H,25,31)(H,29,30)(H,33,34)(H4,22,24,26,27,32);;/t13?,14-;;/m0../s1. The van der Waals surface area contributed by atoms with E-state index in [0.29, 0.717) is 31.0 Å². The van der Waals surface area contributed by atoms with Gasteiger partial charge in [-0.1, -0.05) is 0 Å². The molecule has 15 heteroatoms. The van der Waals surface area contributed by atoms with Crippen molar-refractivity contribution in [2.45, 2.75) is 31.3 Å². The Labute approximate surface area is 251 Å². The third-order valence-electron chi connectivity index (χ3n) is 5.52. The number of hydrogen-bond donors (Lipinski definition) is 7. The predicted molar refractivity (Wildman–Crippen MR) is 137 cm³/mol. The first-order valence-electron chi connectivity index (χ1n) is 10.6. The third kappa shape index (κ3) is 8.39. The summed E-state index contributed by atoms with van der Waals surface area (Å²) in [7, 11) is 1.83. The number of likely N-dealkylation sites (N-methyl/N-ethyl adjacent to an activating group) is 1. The Morgan fingerprint density at radius 3 is 2.50 bits per heavy atom. The average molecular weight is 519 g/mol. The molecular weight excluding hydrogens is 492 g/mol. The van der Waals surface area contributed by atoms with E-state index in [2.05, 4.69) is 25.9 Å². The van der Waals surface area contributed by atoms with Crippen molar-refractivity contribution in [2.24, 2.45) is 0 Å². The zero-order valence-corrected chi connectivity index (χ0v) is 24.5. The van der Waals surface area contributed by atoms with Crippen LogP contribution in [0.5, 0.6) is 0 Å². The number of carbonyl (C=O) groups excluding carboxylic acids is 1. The van der Waals surface area contributed by atoms with Gasteiger partial charge >= 0.3 is 11.9 Å². The van der Waals surface area contributed by atoms with Crippen molar-refractivity contribution < 1.29 is 24.6 Å². The first kappa shape index (κ1) is 31.7. The molecule has 1 aromatic carbocycles. The number of nitrogen functional groups attached to an aromatic ring is 1. The first-order chi connectivity index (χ1) is 16.2. The molecule has 2 atom stereocenters. The molecule has 0 aliphatic carbocycles. The van der Waals surface area contributed by atoms with Crippen molar-refractivity contribution in [3.63, 3.8) is 0 Å². The van der Waals surface area contributed by atoms with Gasteiger partial charge in [0.25, 0.3) is 11.5 Å². The van der Waals surface area contributed by atoms with Gasteiger partial charge in [-0.3, -0.25) is 19.4 Å². The molecule has 2 heterocycles. The van der Waals surface area contributed by atoms with Crippen LogP contribution in [0.1, 0.15) is 29.6 Å². The Morgan fingerprint density at radius 2 is 1.89 bits per heavy atom. The van der Waals surface area contributed by atoms with Gasteiger partial charge in [-0.2, -0.15) is 4.98 Å². The first-order valence-corrected chi connectivity index (χ1v) is 10.6. The maximum absolute atomic E-state index is 12.3. The molecule has 2 aromatic rings. The number of rotatable bonds is 10. The van der Waals surface area contributed by atoms with Crippen LogP contribution in [0.15, 0.2) is 29.1 Å². The van der Waals surface area contributed by atoms with E-state index in [4.69, 9.17) is 10.8 Å². The minimum absolute atomic E-state index is 0. The number of aliphatic carboxylic acids is 2. The number of H-pyrrole nitrogens is 1. The molecule has 1 amide bonds. The van der Waals surface area contributed by atoms with Crippen LogP contribution in [0.4, 0.5) is 23.1 Å². The molecule has 36 heavy (non-hydrogen) atoms. The molecule has 0 spiro atoms. The Hall–Kier alpha value is -2.29. The van der Waals surface area contributed by atoms with Gasteiger partial charge in [0.05, 0.1) is 0 Å². The Balaban J connectivity index is 0.00000324. The van der Waals surface area contributed by atoms with Gasteiger partial charge in [-0.05, 0) is 37.1 Å². The normalized spacial score (nSPS) is 14.7. The van der Waals surface area contributed by atoms with E-state index >= 15 is 0 Å². The van der Waals surface area contributed by atoms with Crippen molar-refractivity contribution in [1.29, 1.82) is 0 Å². The number of nitrogens with two attached hydrogens (primary N) is 1. The molecular formula is C21H27N7Na2O6. The molecule has 0 saturated carbocycles. The zero-order chi connectivity index (χ0) is 24.8. The molecule has 0 bridgehead atoms. The number of carboxylic acids is 2. The molecule has 2 radical (unpaired) electrons. The Kier molecular flexibility index (Phi) is 12.7. The molecule has 8 N–H and O–H groups in total. The maximum atomic E-state index is 12.3. The maximum Gasteiger partial charge on any atom is 0.326 e. The summed E-state index contributed by atoms with van der Waals surface area (Å²) in [5, 5.41) is 26.6. The van der Waals surface area contributed by atoms with Crippen LogP contribution >= 0.6 is 0 Å². The van der Waals surface area contributed by atoms with Crippen LogP contribution < -0.4 is 32.1 Å². The number of nitrogens with one attached hydrogen (secondary N) is 4. The quantitative estimate of drug-likeness (QED) is 0.197. The molecule has 1 unspecified atom stereocenters. The van der Waals surface area contributed by atoms with E-state index in [-0.39, 0.29) is 95.1 Å². The summed E-state index contributed by atoms with van der Waals surface area (Å²) in [5.74, 6) is -2.52. The van der Waals surface area contributed by atoms with Crippen LogP contribution in [0.3, 0.4) is 0 Å². The summed E-state index contributed by atoms with van der Waals surface area (Å²) < 4.78 is 0. The van der Waals surface area contributed by atoms with Crippen LogP contribution in [-0.4, -0.2) is 129 Å². The fourth-order valence-electron chi connectivity index (χ4n) is 3.65. The van der Waals surface area contributed by atoms with E-state index in [1.165, 1.54) is 0 Å². The number of benzene rings is 1. The molecule has 13 nitrogen and oxygen atoms in total. The molecule has 184 valence electrons. The summed E-state index contributed by atoms with van der Waals surface area (Å²) in [6.45, 7) is 1.18. The average Bonchev–Trinajstić information content (AvgIpc) is 2.77. The van der Waals surface area contributed by atoms with Gasteiger partial charge in [0, 0.05) is 103 Å². The van der Waals surface area contributed by atoms with Crippen LogP contribution in [0.25, 0.3) is 0 Å². The number of amides is 1. The summed E-state index contributed by atoms with van der Waals surface area (Å²) in [6, 6.07) is 5.23. The van der Waals surface area contributed by atoms with E-state index in [9.17, 15) is 24.3 Å². The predicted octanol–water partition coefficient (Wildman–Crippen LogP) is -0.629. The second-order valence-corrected chi connectivity index (χ2v) is 7.88. The van der Waals surface area contributed by atoms with Crippen molar-refractivity contribution in [1.82, 2.24) is 15.3 Å². The smallest absolute Gasteiger partial charge is 0.326 e. The monoisotopic (exact) mass is 519 g/mol. The van der Waals surface area contributed by atoms with Gasteiger partial charge < -0.3 is 36.8 Å². The SMILES string of the molecule is CN1c2c(nc(N)[nH]c2=O)NCC1CCNc1ccc(C(=O)N[C@@H](CCC(=O)O)C(=O)O)cc1.[Na].[Na]. The summed E-state index contributed by atoms with van der Waals surface area (Å²) in [4.78, 5) is 55.0. The van der Waals surface area contributed by atoms with Crippen molar-refractivity contribution in [2.75, 3.05) is 41.4 Å². The number of aromatic nitrogens is 2. The number of aromatic amines is 1. The van der Waals surface area contributed by atoms with E-state index in [1.54, 1.807) is 24.3 Å². The van der Waals surface area contributed by atoms with Crippen molar-refractivity contribution in [3.05, 3.63) is 40.2 Å². The molecule has 0 fully saturated rings. The van der Waals surface area contributed by atoms with Crippen molar-refractivity contribution in [3.8, 4) is 0 Å². The van der Waals surface area contributed by atoms with Gasteiger partial charge in [0.1, 0.15) is 11.7 Å². The summed E-state index contributed by atoms with van der Waals surface area (Å²) in [6.07, 6.45) is 0.134. The minimum atomic E-state index is -1.29. The van der Waals surface area contributed by atoms with E-state index in [0.717, 1.165) is 5.69 Å². The molecule has 1 aromatic heterocycles. The molecule has 0 saturated heterocycles. The van der Waals surface area contributed by atoms with Gasteiger partial charge in [0.15, 0.2) is 5.82 Å². The van der Waals surface area contributed by atoms with Crippen molar-refractivity contribution >= 4 is 100 Å². The summed E-state index contributed by atoms with van der Waals surface area (Å²) in [5.41, 5.74) is 6.73. The van der Waals surface area contributed by atoms with Gasteiger partial charge in [-0.25, -0.2) is 4.79 Å². The fraction of sp³-hybridized carbons (Fsp3) is 0.381. The van der Waals surface area contributed by atoms with Gasteiger partial charge in [0.2, 0.25) is 5.95 Å². The van der Waals surface area contributed by atoms with E-state index in [1.807, 2.05) is 11.9 Å². The fourth-order valence-corrected chi connectivity index (χ4v) is 3.65. The molecule has 1 aliphatic rings. The van der Waals surface area contributed by atoms with Gasteiger partial charge in [-0.15, -0.1) is 0 Å². The second-order valence-electron chi connectivity index (χ2n) is 7.88.